The molecule has 1 heterocycles. The number of nitrogens with one attached hydrogen (secondary N) is 1. The predicted molar refractivity (Wildman–Crippen MR) is 82.8 cm³/mol. The van der Waals surface area contributed by atoms with Crippen molar-refractivity contribution in [3.05, 3.63) is 47.6 Å². The van der Waals surface area contributed by atoms with Crippen molar-refractivity contribution in [3.8, 4) is 5.75 Å². The first kappa shape index (κ1) is 15.6. The maximum absolute atomic E-state index is 11.3. The molecule has 2 rings (SSSR count). The number of hydrogen-bond donors (Lipinski definition) is 1. The van der Waals surface area contributed by atoms with E-state index in [2.05, 4.69) is 10.3 Å². The van der Waals surface area contributed by atoms with Crippen LogP contribution in [0.5, 0.6) is 5.75 Å². The van der Waals surface area contributed by atoms with Gasteiger partial charge < -0.3 is 10.1 Å². The van der Waals surface area contributed by atoms with E-state index in [1.54, 1.807) is 30.5 Å². The van der Waals surface area contributed by atoms with Gasteiger partial charge in [-0.05, 0) is 36.4 Å². The minimum absolute atomic E-state index is 0.272. The summed E-state index contributed by atoms with van der Waals surface area (Å²) in [7, 11) is -3.18. The number of aromatic nitrogens is 1. The van der Waals surface area contributed by atoms with E-state index in [4.69, 9.17) is 16.3 Å². The van der Waals surface area contributed by atoms with E-state index < -0.39 is 9.84 Å². The second-order valence-corrected chi connectivity index (χ2v) is 6.78. The zero-order valence-electron chi connectivity index (χ0n) is 11.4. The van der Waals surface area contributed by atoms with Crippen LogP contribution in [0.4, 0.5) is 5.82 Å². The number of pyridine rings is 1. The Labute approximate surface area is 128 Å². The van der Waals surface area contributed by atoms with Gasteiger partial charge in [0.05, 0.1) is 16.5 Å². The van der Waals surface area contributed by atoms with Gasteiger partial charge in [0.15, 0.2) is 9.84 Å². The van der Waals surface area contributed by atoms with E-state index in [0.29, 0.717) is 29.7 Å². The van der Waals surface area contributed by atoms with Gasteiger partial charge in [-0.25, -0.2) is 13.4 Å². The van der Waals surface area contributed by atoms with Gasteiger partial charge in [-0.3, -0.25) is 0 Å². The van der Waals surface area contributed by atoms with Gasteiger partial charge in [0.2, 0.25) is 0 Å². The van der Waals surface area contributed by atoms with Crippen molar-refractivity contribution in [1.29, 1.82) is 0 Å². The zero-order chi connectivity index (χ0) is 15.3. The number of benzene rings is 1. The van der Waals surface area contributed by atoms with Crippen molar-refractivity contribution in [3.63, 3.8) is 0 Å². The fourth-order valence-corrected chi connectivity index (χ4v) is 2.46. The fraction of sp³-hybridized carbons (Fsp3) is 0.214. The Morgan fingerprint density at radius 2 is 1.95 bits per heavy atom. The fourth-order valence-electron chi connectivity index (χ4n) is 1.64. The summed E-state index contributed by atoms with van der Waals surface area (Å²) in [5.41, 5.74) is 0. The SMILES string of the molecule is CS(=O)(=O)c1ccc(OCCNc2ncccc2Cl)cc1. The van der Waals surface area contributed by atoms with E-state index in [1.807, 2.05) is 0 Å². The molecule has 0 bridgehead atoms. The molecule has 0 saturated heterocycles. The largest absolute Gasteiger partial charge is 0.492 e. The first-order valence-corrected chi connectivity index (χ1v) is 8.51. The molecule has 0 aliphatic rings. The summed E-state index contributed by atoms with van der Waals surface area (Å²) < 4.78 is 28.2. The van der Waals surface area contributed by atoms with Gasteiger partial charge in [0.1, 0.15) is 18.2 Å². The van der Waals surface area contributed by atoms with Gasteiger partial charge in [-0.1, -0.05) is 11.6 Å². The molecule has 0 unspecified atom stereocenters. The van der Waals surface area contributed by atoms with E-state index >= 15 is 0 Å². The molecule has 0 radical (unpaired) electrons. The molecule has 2 aromatic rings. The molecule has 0 atom stereocenters. The third-order valence-corrected chi connectivity index (χ3v) is 4.11. The molecule has 5 nitrogen and oxygen atoms in total. The lowest BCUT2D eigenvalue weighted by molar-refractivity contribution is 0.332. The monoisotopic (exact) mass is 326 g/mol. The summed E-state index contributed by atoms with van der Waals surface area (Å²) in [5, 5.41) is 3.61. The Bertz CT molecular complexity index is 702. The van der Waals surface area contributed by atoms with Gasteiger partial charge in [-0.2, -0.15) is 0 Å². The number of nitrogens with zero attached hydrogens (tertiary/aromatic N) is 1. The molecular weight excluding hydrogens is 312 g/mol. The Balaban J connectivity index is 1.83. The van der Waals surface area contributed by atoms with Crippen molar-refractivity contribution in [2.75, 3.05) is 24.7 Å². The van der Waals surface area contributed by atoms with Crippen LogP contribution in [0.25, 0.3) is 0 Å². The Morgan fingerprint density at radius 3 is 2.57 bits per heavy atom. The quantitative estimate of drug-likeness (QED) is 0.826. The molecule has 112 valence electrons. The molecule has 1 aromatic carbocycles. The van der Waals surface area contributed by atoms with Crippen LogP contribution in [0.3, 0.4) is 0 Å². The number of ether oxygens (including phenoxy) is 1. The molecule has 21 heavy (non-hydrogen) atoms. The second kappa shape index (κ2) is 6.78. The number of rotatable bonds is 6. The molecule has 7 heteroatoms. The molecule has 0 saturated carbocycles. The summed E-state index contributed by atoms with van der Waals surface area (Å²) in [6, 6.07) is 9.81. The lowest BCUT2D eigenvalue weighted by Crippen LogP contribution is -2.12. The lowest BCUT2D eigenvalue weighted by atomic mass is 10.3. The lowest BCUT2D eigenvalue weighted by Gasteiger charge is -2.09. The van der Waals surface area contributed by atoms with Gasteiger partial charge in [0.25, 0.3) is 0 Å². The second-order valence-electron chi connectivity index (χ2n) is 4.35. The molecule has 0 spiro atoms. The van der Waals surface area contributed by atoms with Crippen LogP contribution in [0.1, 0.15) is 0 Å². The van der Waals surface area contributed by atoms with Crippen LogP contribution in [-0.2, 0) is 9.84 Å². The topological polar surface area (TPSA) is 68.3 Å². The molecular formula is C14H15ClN2O3S. The maximum Gasteiger partial charge on any atom is 0.175 e. The molecule has 0 aliphatic carbocycles. The van der Waals surface area contributed by atoms with Gasteiger partial charge in [-0.15, -0.1) is 0 Å². The number of halogens is 1. The van der Waals surface area contributed by atoms with E-state index in [9.17, 15) is 8.42 Å². The van der Waals surface area contributed by atoms with Crippen LogP contribution in [-0.4, -0.2) is 32.8 Å². The highest BCUT2D eigenvalue weighted by Crippen LogP contribution is 2.17. The Morgan fingerprint density at radius 1 is 1.24 bits per heavy atom. The first-order valence-electron chi connectivity index (χ1n) is 6.24. The highest BCUT2D eigenvalue weighted by atomic mass is 35.5. The number of hydrogen-bond acceptors (Lipinski definition) is 5. The minimum Gasteiger partial charge on any atom is -0.492 e. The van der Waals surface area contributed by atoms with E-state index in [-0.39, 0.29) is 4.90 Å². The summed E-state index contributed by atoms with van der Waals surface area (Å²) in [4.78, 5) is 4.37. The molecule has 0 amide bonds. The van der Waals surface area contributed by atoms with E-state index in [1.165, 1.54) is 18.4 Å². The highest BCUT2D eigenvalue weighted by Gasteiger charge is 2.06. The van der Waals surface area contributed by atoms with Crippen LogP contribution in [0.15, 0.2) is 47.5 Å². The van der Waals surface area contributed by atoms with Gasteiger partial charge >= 0.3 is 0 Å². The maximum atomic E-state index is 11.3. The highest BCUT2D eigenvalue weighted by molar-refractivity contribution is 7.90. The number of sulfone groups is 1. The third-order valence-electron chi connectivity index (χ3n) is 2.67. The molecule has 1 N–H and O–H groups in total. The average molecular weight is 327 g/mol. The summed E-state index contributed by atoms with van der Waals surface area (Å²) in [6.45, 7) is 0.940. The minimum atomic E-state index is -3.18. The Kier molecular flexibility index (Phi) is 5.03. The van der Waals surface area contributed by atoms with Crippen molar-refractivity contribution in [2.24, 2.45) is 0 Å². The van der Waals surface area contributed by atoms with E-state index in [0.717, 1.165) is 0 Å². The summed E-state index contributed by atoms with van der Waals surface area (Å²) in [5.74, 6) is 1.21. The predicted octanol–water partition coefficient (Wildman–Crippen LogP) is 2.63. The summed E-state index contributed by atoms with van der Waals surface area (Å²) >= 11 is 5.96. The molecule has 0 aliphatic heterocycles. The smallest absolute Gasteiger partial charge is 0.175 e. The van der Waals surface area contributed by atoms with Crippen molar-refractivity contribution in [1.82, 2.24) is 4.98 Å². The molecule has 0 fully saturated rings. The molecule has 1 aromatic heterocycles. The van der Waals surface area contributed by atoms with Crippen LogP contribution in [0, 0.1) is 0 Å². The van der Waals surface area contributed by atoms with Crippen molar-refractivity contribution < 1.29 is 13.2 Å². The average Bonchev–Trinajstić information content (AvgIpc) is 2.45. The first-order chi connectivity index (χ1) is 9.97. The number of anilines is 1. The van der Waals surface area contributed by atoms with Gasteiger partial charge in [0, 0.05) is 12.5 Å². The Hall–Kier alpha value is -1.79. The normalized spacial score (nSPS) is 11.1. The van der Waals surface area contributed by atoms with Crippen LogP contribution >= 0.6 is 11.6 Å². The van der Waals surface area contributed by atoms with Crippen LogP contribution in [0.2, 0.25) is 5.02 Å². The van der Waals surface area contributed by atoms with Crippen molar-refractivity contribution in [2.45, 2.75) is 4.90 Å². The third kappa shape index (κ3) is 4.61. The zero-order valence-corrected chi connectivity index (χ0v) is 13.0. The summed E-state index contributed by atoms with van der Waals surface area (Å²) in [6.07, 6.45) is 2.82. The van der Waals surface area contributed by atoms with Crippen molar-refractivity contribution >= 4 is 27.3 Å². The standard InChI is InChI=1S/C14H15ClN2O3S/c1-21(18,19)12-6-4-11(5-7-12)20-10-9-17-14-13(15)3-2-8-16-14/h2-8H,9-10H2,1H3,(H,16,17). The van der Waals surface area contributed by atoms with Crippen LogP contribution < -0.4 is 10.1 Å².